The summed E-state index contributed by atoms with van der Waals surface area (Å²) in [6, 6.07) is 14.6. The van der Waals surface area contributed by atoms with Crippen LogP contribution in [0.5, 0.6) is 0 Å². The zero-order chi connectivity index (χ0) is 19.4. The van der Waals surface area contributed by atoms with Crippen molar-refractivity contribution in [3.05, 3.63) is 69.7 Å². The lowest BCUT2D eigenvalue weighted by atomic mass is 10.2. The van der Waals surface area contributed by atoms with Gasteiger partial charge in [-0.25, -0.2) is 0 Å². The van der Waals surface area contributed by atoms with Gasteiger partial charge in [-0.15, -0.1) is 10.2 Å². The van der Waals surface area contributed by atoms with Crippen LogP contribution >= 0.6 is 23.2 Å². The Labute approximate surface area is 160 Å². The first-order valence-corrected chi connectivity index (χ1v) is 7.87. The SMILES string of the molecule is NC(N)=N/N=C/c1cc(Cl)cc(Cl)c1.NC(N)=N/N=C/c1ccccc1. The molecule has 10 heteroatoms. The van der Waals surface area contributed by atoms with Crippen LogP contribution in [0.1, 0.15) is 11.1 Å². The normalized spacial score (nSPS) is 10.2. The molecule has 0 aliphatic heterocycles. The molecule has 0 spiro atoms. The topological polar surface area (TPSA) is 154 Å². The Morgan fingerprint density at radius 3 is 1.62 bits per heavy atom. The van der Waals surface area contributed by atoms with Crippen LogP contribution in [-0.4, -0.2) is 24.3 Å². The van der Waals surface area contributed by atoms with Crippen molar-refractivity contribution in [3.8, 4) is 0 Å². The monoisotopic (exact) mass is 392 g/mol. The molecule has 0 heterocycles. The number of benzene rings is 2. The summed E-state index contributed by atoms with van der Waals surface area (Å²) in [5, 5.41) is 15.2. The number of rotatable bonds is 4. The van der Waals surface area contributed by atoms with Gasteiger partial charge in [0.05, 0.1) is 12.4 Å². The first kappa shape index (κ1) is 20.9. The van der Waals surface area contributed by atoms with Crippen molar-refractivity contribution in [2.24, 2.45) is 43.3 Å². The maximum absolute atomic E-state index is 5.76. The fourth-order valence-electron chi connectivity index (χ4n) is 1.51. The highest BCUT2D eigenvalue weighted by molar-refractivity contribution is 6.35. The molecule has 0 saturated carbocycles. The molecule has 0 aliphatic carbocycles. The van der Waals surface area contributed by atoms with Crippen molar-refractivity contribution in [2.45, 2.75) is 0 Å². The molecule has 0 amide bonds. The summed E-state index contributed by atoms with van der Waals surface area (Å²) < 4.78 is 0. The standard InChI is InChI=1S/C8H8Cl2N4.C8H10N4/c9-6-1-5(2-7(10)3-6)4-13-14-8(11)12;9-8(10)12-11-6-7-4-2-1-3-5-7/h1-4H,(H4,11,12,14);1-6H,(H4,9,10,12)/b13-4+;11-6+. The van der Waals surface area contributed by atoms with Gasteiger partial charge in [-0.2, -0.15) is 10.2 Å². The number of nitrogens with two attached hydrogens (primary N) is 4. The number of hydrogen-bond acceptors (Lipinski definition) is 4. The summed E-state index contributed by atoms with van der Waals surface area (Å²) in [6.45, 7) is 0. The number of nitrogens with zero attached hydrogens (tertiary/aromatic N) is 4. The summed E-state index contributed by atoms with van der Waals surface area (Å²) in [4.78, 5) is 0. The molecule has 0 unspecified atom stereocenters. The van der Waals surface area contributed by atoms with Gasteiger partial charge in [-0.3, -0.25) is 0 Å². The first-order chi connectivity index (χ1) is 12.4. The van der Waals surface area contributed by atoms with Gasteiger partial charge < -0.3 is 22.9 Å². The molecular formula is C16H18Cl2N8. The molecule has 26 heavy (non-hydrogen) atoms. The smallest absolute Gasteiger partial charge is 0.211 e. The van der Waals surface area contributed by atoms with Gasteiger partial charge in [0.1, 0.15) is 0 Å². The Morgan fingerprint density at radius 1 is 0.692 bits per heavy atom. The lowest BCUT2D eigenvalue weighted by Crippen LogP contribution is -2.21. The van der Waals surface area contributed by atoms with Gasteiger partial charge in [-0.05, 0) is 29.3 Å². The second-order valence-electron chi connectivity index (χ2n) is 4.65. The van der Waals surface area contributed by atoms with E-state index >= 15 is 0 Å². The van der Waals surface area contributed by atoms with Crippen molar-refractivity contribution < 1.29 is 0 Å². The predicted molar refractivity (Wildman–Crippen MR) is 110 cm³/mol. The summed E-state index contributed by atoms with van der Waals surface area (Å²) in [5.41, 5.74) is 22.0. The second-order valence-corrected chi connectivity index (χ2v) is 5.53. The van der Waals surface area contributed by atoms with Gasteiger partial charge in [-0.1, -0.05) is 53.5 Å². The maximum atomic E-state index is 5.76. The number of guanidine groups is 2. The zero-order valence-corrected chi connectivity index (χ0v) is 15.1. The number of hydrogen-bond donors (Lipinski definition) is 4. The van der Waals surface area contributed by atoms with Crippen LogP contribution in [0.15, 0.2) is 68.9 Å². The molecule has 0 radical (unpaired) electrons. The van der Waals surface area contributed by atoms with Crippen molar-refractivity contribution in [1.29, 1.82) is 0 Å². The molecule has 8 N–H and O–H groups in total. The first-order valence-electron chi connectivity index (χ1n) is 7.12. The highest BCUT2D eigenvalue weighted by atomic mass is 35.5. The zero-order valence-electron chi connectivity index (χ0n) is 13.6. The van der Waals surface area contributed by atoms with Gasteiger partial charge in [0.15, 0.2) is 0 Å². The van der Waals surface area contributed by atoms with Crippen LogP contribution in [0.3, 0.4) is 0 Å². The fraction of sp³-hybridized carbons (Fsp3) is 0. The van der Waals surface area contributed by atoms with Crippen LogP contribution in [0, 0.1) is 0 Å². The van der Waals surface area contributed by atoms with Crippen LogP contribution < -0.4 is 22.9 Å². The molecule has 0 bridgehead atoms. The maximum Gasteiger partial charge on any atom is 0.211 e. The van der Waals surface area contributed by atoms with Crippen LogP contribution in [0.4, 0.5) is 0 Å². The third-order valence-corrected chi connectivity index (χ3v) is 2.88. The minimum atomic E-state index is -0.102. The molecule has 2 rings (SSSR count). The number of halogens is 2. The fourth-order valence-corrected chi connectivity index (χ4v) is 2.06. The Hall–Kier alpha value is -3.10. The quantitative estimate of drug-likeness (QED) is 0.356. The average molecular weight is 393 g/mol. The van der Waals surface area contributed by atoms with E-state index in [0.29, 0.717) is 10.0 Å². The van der Waals surface area contributed by atoms with E-state index in [9.17, 15) is 0 Å². The molecule has 0 aliphatic rings. The predicted octanol–water partition coefficient (Wildman–Crippen LogP) is 1.89. The van der Waals surface area contributed by atoms with Crippen molar-refractivity contribution in [3.63, 3.8) is 0 Å². The van der Waals surface area contributed by atoms with E-state index in [4.69, 9.17) is 46.1 Å². The second kappa shape index (κ2) is 11.5. The Balaban J connectivity index is 0.000000263. The van der Waals surface area contributed by atoms with Crippen LogP contribution in [-0.2, 0) is 0 Å². The van der Waals surface area contributed by atoms with E-state index in [1.807, 2.05) is 30.3 Å². The minimum Gasteiger partial charge on any atom is -0.369 e. The summed E-state index contributed by atoms with van der Waals surface area (Å²) in [6.07, 6.45) is 3.04. The van der Waals surface area contributed by atoms with E-state index in [-0.39, 0.29) is 11.9 Å². The highest BCUT2D eigenvalue weighted by Crippen LogP contribution is 2.17. The van der Waals surface area contributed by atoms with Crippen molar-refractivity contribution in [1.82, 2.24) is 0 Å². The summed E-state index contributed by atoms with van der Waals surface area (Å²) >= 11 is 11.5. The van der Waals surface area contributed by atoms with E-state index in [1.54, 1.807) is 24.4 Å². The lowest BCUT2D eigenvalue weighted by molar-refractivity contribution is 1.21. The van der Waals surface area contributed by atoms with Gasteiger partial charge >= 0.3 is 0 Å². The Kier molecular flexibility index (Phi) is 9.23. The van der Waals surface area contributed by atoms with Crippen molar-refractivity contribution >= 4 is 47.6 Å². The van der Waals surface area contributed by atoms with Crippen molar-refractivity contribution in [2.75, 3.05) is 0 Å². The summed E-state index contributed by atoms with van der Waals surface area (Å²) in [5.74, 6) is -0.142. The minimum absolute atomic E-state index is 0.0396. The third kappa shape index (κ3) is 9.91. The molecule has 0 fully saturated rings. The molecule has 0 aromatic heterocycles. The Bertz CT molecular complexity index is 788. The van der Waals surface area contributed by atoms with E-state index < -0.39 is 0 Å². The van der Waals surface area contributed by atoms with Crippen LogP contribution in [0.2, 0.25) is 10.0 Å². The van der Waals surface area contributed by atoms with E-state index in [1.165, 1.54) is 6.21 Å². The largest absolute Gasteiger partial charge is 0.369 e. The summed E-state index contributed by atoms with van der Waals surface area (Å²) in [7, 11) is 0. The van der Waals surface area contributed by atoms with E-state index in [2.05, 4.69) is 20.4 Å². The van der Waals surface area contributed by atoms with Gasteiger partial charge in [0.2, 0.25) is 11.9 Å². The average Bonchev–Trinajstić information content (AvgIpc) is 2.55. The molecule has 2 aromatic carbocycles. The molecule has 8 nitrogen and oxygen atoms in total. The van der Waals surface area contributed by atoms with Gasteiger partial charge in [0.25, 0.3) is 0 Å². The molecule has 0 atom stereocenters. The molecular weight excluding hydrogens is 375 g/mol. The third-order valence-electron chi connectivity index (χ3n) is 2.44. The Morgan fingerprint density at radius 2 is 1.15 bits per heavy atom. The highest BCUT2D eigenvalue weighted by Gasteiger charge is 1.94. The molecule has 136 valence electrons. The van der Waals surface area contributed by atoms with Crippen LogP contribution in [0.25, 0.3) is 0 Å². The molecule has 2 aromatic rings. The van der Waals surface area contributed by atoms with Gasteiger partial charge in [0, 0.05) is 10.0 Å². The van der Waals surface area contributed by atoms with E-state index in [0.717, 1.165) is 11.1 Å². The lowest BCUT2D eigenvalue weighted by Gasteiger charge is -1.95. The molecule has 0 saturated heterocycles.